The van der Waals surface area contributed by atoms with Gasteiger partial charge in [-0.05, 0) is 5.56 Å². The van der Waals surface area contributed by atoms with Gasteiger partial charge in [-0.2, -0.15) is 37.3 Å². The van der Waals surface area contributed by atoms with Crippen LogP contribution in [-0.4, -0.2) is 42.2 Å². The van der Waals surface area contributed by atoms with E-state index in [2.05, 4.69) is 12.1 Å². The van der Waals surface area contributed by atoms with E-state index >= 15 is 0 Å². The number of pyridine rings is 1. The topological polar surface area (TPSA) is 78.5 Å². The molecule has 0 radical (unpaired) electrons. The number of hydrogen-bond acceptors (Lipinski definition) is 2. The SMILES string of the molecule is Clc1cc(OCc2ccccc2)c2nc1C[N-][C@@H]1CCCC[C@H]1[N-]CC[N-]C1CCCCC1[N-]C2.[Cl][Mn][Cl]. The molecule has 2 heterocycles. The minimum atomic E-state index is 0.00694. The Hall–Kier alpha value is -0.601. The molecule has 10 heteroatoms. The van der Waals surface area contributed by atoms with Gasteiger partial charge < -0.3 is 26.0 Å². The third-order valence-electron chi connectivity index (χ3n) is 7.49. The van der Waals surface area contributed by atoms with E-state index < -0.39 is 0 Å². The van der Waals surface area contributed by atoms with E-state index in [1.807, 2.05) is 24.3 Å². The van der Waals surface area contributed by atoms with Crippen molar-refractivity contribution in [1.82, 2.24) is 4.98 Å². The van der Waals surface area contributed by atoms with E-state index in [1.54, 1.807) is 0 Å². The van der Waals surface area contributed by atoms with Crippen LogP contribution < -0.4 is 4.74 Å². The van der Waals surface area contributed by atoms with Gasteiger partial charge in [-0.25, -0.2) is 0 Å². The van der Waals surface area contributed by atoms with Crippen molar-refractivity contribution in [2.45, 2.75) is 95.2 Å². The number of rotatable bonds is 3. The van der Waals surface area contributed by atoms with Crippen LogP contribution in [0.3, 0.4) is 0 Å². The average Bonchev–Trinajstić information content (AvgIpc) is 2.95. The van der Waals surface area contributed by atoms with Crippen LogP contribution in [0, 0.1) is 0 Å². The second-order valence-electron chi connectivity index (χ2n) is 10.0. The van der Waals surface area contributed by atoms with Gasteiger partial charge in [-0.3, -0.25) is 4.98 Å². The Morgan fingerprint density at radius 3 is 1.82 bits per heavy atom. The molecule has 5 rings (SSSR count). The van der Waals surface area contributed by atoms with E-state index in [4.69, 9.17) is 62.8 Å². The molecule has 2 bridgehead atoms. The van der Waals surface area contributed by atoms with Crippen molar-refractivity contribution in [2.75, 3.05) is 13.1 Å². The summed E-state index contributed by atoms with van der Waals surface area (Å²) in [6.45, 7) is 3.09. The van der Waals surface area contributed by atoms with Gasteiger partial charge in [0, 0.05) is 11.8 Å². The van der Waals surface area contributed by atoms with Crippen LogP contribution in [0.4, 0.5) is 0 Å². The second-order valence-corrected chi connectivity index (χ2v) is 12.4. The maximum absolute atomic E-state index is 6.71. The predicted molar refractivity (Wildman–Crippen MR) is 154 cm³/mol. The van der Waals surface area contributed by atoms with Crippen LogP contribution >= 0.6 is 31.8 Å². The van der Waals surface area contributed by atoms with E-state index in [1.165, 1.54) is 25.7 Å². The molecule has 211 valence electrons. The third kappa shape index (κ3) is 9.22. The van der Waals surface area contributed by atoms with E-state index in [-0.39, 0.29) is 31.3 Å². The Morgan fingerprint density at radius 1 is 0.763 bits per heavy atom. The summed E-state index contributed by atoms with van der Waals surface area (Å²) in [5, 5.41) is 20.8. The monoisotopic (exact) mass is 618 g/mol. The Morgan fingerprint density at radius 2 is 1.26 bits per heavy atom. The molecule has 0 N–H and O–H groups in total. The first-order valence-electron chi connectivity index (χ1n) is 13.6. The van der Waals surface area contributed by atoms with E-state index in [0.29, 0.717) is 36.5 Å². The molecular formula is C28H36Cl3MnN5O-4. The number of ether oxygens (including phenoxy) is 1. The van der Waals surface area contributed by atoms with Gasteiger partial charge in [0.2, 0.25) is 0 Å². The fourth-order valence-electron chi connectivity index (χ4n) is 5.53. The first-order chi connectivity index (χ1) is 18.7. The Balaban J connectivity index is 0.00000107. The van der Waals surface area contributed by atoms with Gasteiger partial charge in [0.05, 0.1) is 10.7 Å². The van der Waals surface area contributed by atoms with Crippen LogP contribution in [0.15, 0.2) is 36.4 Å². The molecule has 2 aromatic rings. The van der Waals surface area contributed by atoms with Crippen LogP contribution in [0.2, 0.25) is 5.02 Å². The zero-order valence-electron chi connectivity index (χ0n) is 21.6. The van der Waals surface area contributed by atoms with Crippen molar-refractivity contribution >= 4 is 31.8 Å². The summed E-state index contributed by atoms with van der Waals surface area (Å²) in [6, 6.07) is 13.2. The van der Waals surface area contributed by atoms with Crippen molar-refractivity contribution in [3.8, 4) is 5.75 Å². The molecule has 0 saturated heterocycles. The average molecular weight is 620 g/mol. The fourth-order valence-corrected chi connectivity index (χ4v) is 5.73. The maximum atomic E-state index is 6.71. The summed E-state index contributed by atoms with van der Waals surface area (Å²) in [6.07, 6.45) is 9.31. The number of halogens is 3. The third-order valence-corrected chi connectivity index (χ3v) is 7.82. The number of fused-ring (bicyclic) bond motifs is 4. The zero-order chi connectivity index (χ0) is 26.6. The summed E-state index contributed by atoms with van der Waals surface area (Å²) in [5.41, 5.74) is 2.77. The molecular weight excluding hydrogens is 584 g/mol. The number of hydrogen-bond donors (Lipinski definition) is 0. The fraction of sp³-hybridized carbons (Fsp3) is 0.607. The summed E-state index contributed by atoms with van der Waals surface area (Å²) in [4.78, 5) is 4.97. The molecule has 6 nitrogen and oxygen atoms in total. The van der Waals surface area contributed by atoms with Gasteiger partial charge in [-0.1, -0.05) is 93.3 Å². The van der Waals surface area contributed by atoms with Crippen LogP contribution in [-0.2, 0) is 32.8 Å². The summed E-state index contributed by atoms with van der Waals surface area (Å²) in [5.74, 6) is 0.713. The van der Waals surface area contributed by atoms with Crippen LogP contribution in [0.5, 0.6) is 5.75 Å². The summed E-state index contributed by atoms with van der Waals surface area (Å²) in [7, 11) is 9.59. The molecule has 2 fully saturated rings. The quantitative estimate of drug-likeness (QED) is 0.322. The van der Waals surface area contributed by atoms with Gasteiger partial charge in [0.25, 0.3) is 0 Å². The molecule has 3 aliphatic rings. The standard InChI is InChI=1S/C28H36ClN5O.2ClH.Mn/c29-21-16-28(35-19-20-8-2-1-3-9-20)27-18-33-25-13-7-5-11-23(25)31-15-14-30-22-10-4-6-12-24(22)32-17-26(21)34-27;;;/h1-3,8-9,16,22-25H,4-7,10-15,17-19H2;2*1H;/q-4;;;+2/p-2/t22-,23?,24-,25?;;;/m1.../s1. The molecule has 4 atom stereocenters. The zero-order valence-corrected chi connectivity index (χ0v) is 25.1. The van der Waals surface area contributed by atoms with Gasteiger partial charge in [0.15, 0.2) is 0 Å². The minimum absolute atomic E-state index is 0.00694. The van der Waals surface area contributed by atoms with Gasteiger partial charge in [0.1, 0.15) is 12.4 Å². The van der Waals surface area contributed by atoms with Crippen molar-refractivity contribution in [2.24, 2.45) is 0 Å². The normalized spacial score (nSPS) is 26.4. The van der Waals surface area contributed by atoms with Gasteiger partial charge in [-0.15, -0.1) is 13.1 Å². The van der Waals surface area contributed by atoms with E-state index in [0.717, 1.165) is 55.7 Å². The molecule has 2 unspecified atom stereocenters. The Kier molecular flexibility index (Phi) is 13.3. The van der Waals surface area contributed by atoms with Crippen molar-refractivity contribution in [3.63, 3.8) is 0 Å². The molecule has 38 heavy (non-hydrogen) atoms. The summed E-state index contributed by atoms with van der Waals surface area (Å²) < 4.78 is 6.22. The molecule has 2 aliphatic carbocycles. The molecule has 1 aliphatic heterocycles. The predicted octanol–water partition coefficient (Wildman–Crippen LogP) is 8.82. The Bertz CT molecular complexity index is 973. The molecule has 1 aromatic carbocycles. The number of nitrogens with zero attached hydrogens (tertiary/aromatic N) is 5. The second kappa shape index (κ2) is 16.6. The first-order valence-corrected chi connectivity index (χ1v) is 17.2. The van der Waals surface area contributed by atoms with E-state index in [9.17, 15) is 0 Å². The van der Waals surface area contributed by atoms with Crippen LogP contribution in [0.1, 0.15) is 68.3 Å². The van der Waals surface area contributed by atoms with Crippen molar-refractivity contribution < 1.29 is 17.9 Å². The van der Waals surface area contributed by atoms with Crippen LogP contribution in [0.25, 0.3) is 21.3 Å². The number of benzene rings is 1. The molecule has 1 aromatic heterocycles. The molecule has 2 saturated carbocycles. The molecule has 0 spiro atoms. The Labute approximate surface area is 247 Å². The van der Waals surface area contributed by atoms with Crippen molar-refractivity contribution in [1.29, 1.82) is 0 Å². The van der Waals surface area contributed by atoms with Gasteiger partial charge >= 0.3 is 33.3 Å². The summed E-state index contributed by atoms with van der Waals surface area (Å²) >= 11 is 6.72. The number of aromatic nitrogens is 1. The van der Waals surface area contributed by atoms with Crippen molar-refractivity contribution in [3.05, 3.63) is 79.6 Å². The first kappa shape index (κ1) is 30.4. The molecule has 0 amide bonds.